The summed E-state index contributed by atoms with van der Waals surface area (Å²) in [4.78, 5) is 33.6. The Labute approximate surface area is 231 Å². The highest BCUT2D eigenvalue weighted by atomic mass is 19.3. The average molecular weight is 562 g/mol. The van der Waals surface area contributed by atoms with Gasteiger partial charge in [0, 0.05) is 23.4 Å². The van der Waals surface area contributed by atoms with Gasteiger partial charge in [0.05, 0.1) is 22.8 Å². The minimum absolute atomic E-state index is 0.0771. The Balaban J connectivity index is 1.54. The zero-order chi connectivity index (χ0) is 29.1. The molecule has 2 heterocycles. The molecular weight excluding hydrogens is 538 g/mol. The third kappa shape index (κ3) is 6.08. The van der Waals surface area contributed by atoms with E-state index in [1.165, 1.54) is 6.20 Å². The van der Waals surface area contributed by atoms with Crippen LogP contribution in [0.15, 0.2) is 85.1 Å². The lowest BCUT2D eigenvalue weighted by Gasteiger charge is -2.22. The zero-order valence-corrected chi connectivity index (χ0v) is 21.4. The van der Waals surface area contributed by atoms with Crippen molar-refractivity contribution in [3.8, 4) is 11.1 Å². The Morgan fingerprint density at radius 1 is 0.927 bits per heavy atom. The SMILES string of the molecule is NC(=O)c1cccc(-c2cccnc2C(Cc2cc(F)cc(F)c2)NC(=O)Cn2c(C(F)F)nc3ccccc32)c1. The van der Waals surface area contributed by atoms with Gasteiger partial charge in [0.25, 0.3) is 6.43 Å². The molecule has 0 radical (unpaired) electrons. The Hall–Kier alpha value is -5.06. The van der Waals surface area contributed by atoms with E-state index in [0.717, 1.165) is 22.8 Å². The molecule has 0 saturated heterocycles. The summed E-state index contributed by atoms with van der Waals surface area (Å²) in [5, 5.41) is 2.81. The van der Waals surface area contributed by atoms with Gasteiger partial charge in [-0.2, -0.15) is 0 Å². The van der Waals surface area contributed by atoms with Crippen LogP contribution in [0.5, 0.6) is 0 Å². The van der Waals surface area contributed by atoms with Gasteiger partial charge in [0.15, 0.2) is 5.82 Å². The van der Waals surface area contributed by atoms with Crippen LogP contribution >= 0.6 is 0 Å². The first-order valence-electron chi connectivity index (χ1n) is 12.5. The second kappa shape index (κ2) is 11.6. The summed E-state index contributed by atoms with van der Waals surface area (Å²) in [5.41, 5.74) is 8.01. The van der Waals surface area contributed by atoms with Crippen molar-refractivity contribution >= 4 is 22.8 Å². The fourth-order valence-electron chi connectivity index (χ4n) is 4.77. The second-order valence-corrected chi connectivity index (χ2v) is 9.33. The number of pyridine rings is 1. The maximum Gasteiger partial charge on any atom is 0.295 e. The highest BCUT2D eigenvalue weighted by Gasteiger charge is 2.25. The number of benzene rings is 3. The van der Waals surface area contributed by atoms with Crippen molar-refractivity contribution in [2.24, 2.45) is 5.73 Å². The monoisotopic (exact) mass is 561 g/mol. The lowest BCUT2D eigenvalue weighted by atomic mass is 9.94. The van der Waals surface area contributed by atoms with Crippen molar-refractivity contribution < 1.29 is 27.2 Å². The number of nitrogens with zero attached hydrogens (tertiary/aromatic N) is 3. The third-order valence-corrected chi connectivity index (χ3v) is 6.51. The van der Waals surface area contributed by atoms with Crippen LogP contribution in [0, 0.1) is 11.6 Å². The van der Waals surface area contributed by atoms with Gasteiger partial charge in [-0.15, -0.1) is 0 Å². The van der Waals surface area contributed by atoms with E-state index < -0.39 is 48.3 Å². The maximum atomic E-state index is 14.1. The highest BCUT2D eigenvalue weighted by molar-refractivity contribution is 5.94. The van der Waals surface area contributed by atoms with Crippen molar-refractivity contribution in [3.63, 3.8) is 0 Å². The van der Waals surface area contributed by atoms with Crippen LogP contribution in [-0.2, 0) is 17.8 Å². The number of carbonyl (C=O) groups excluding carboxylic acids is 2. The number of primary amides is 1. The number of hydrogen-bond donors (Lipinski definition) is 2. The molecule has 1 unspecified atom stereocenters. The number of amides is 2. The molecular formula is C30H23F4N5O2. The molecule has 2 amide bonds. The number of halogens is 4. The molecule has 1 atom stereocenters. The zero-order valence-electron chi connectivity index (χ0n) is 21.4. The summed E-state index contributed by atoms with van der Waals surface area (Å²) in [6.07, 6.45) is -1.52. The van der Waals surface area contributed by atoms with E-state index >= 15 is 0 Å². The van der Waals surface area contributed by atoms with E-state index in [9.17, 15) is 27.2 Å². The molecule has 2 aromatic heterocycles. The number of hydrogen-bond acceptors (Lipinski definition) is 4. The van der Waals surface area contributed by atoms with Gasteiger partial charge in [-0.05, 0) is 60.0 Å². The number of para-hydroxylation sites is 2. The fourth-order valence-corrected chi connectivity index (χ4v) is 4.77. The number of imidazole rings is 1. The predicted molar refractivity (Wildman–Crippen MR) is 144 cm³/mol. The molecule has 5 rings (SSSR count). The second-order valence-electron chi connectivity index (χ2n) is 9.33. The van der Waals surface area contributed by atoms with Gasteiger partial charge >= 0.3 is 0 Å². The topological polar surface area (TPSA) is 103 Å². The highest BCUT2D eigenvalue weighted by Crippen LogP contribution is 2.30. The van der Waals surface area contributed by atoms with Crippen molar-refractivity contribution in [3.05, 3.63) is 119 Å². The molecule has 7 nitrogen and oxygen atoms in total. The van der Waals surface area contributed by atoms with E-state index in [2.05, 4.69) is 15.3 Å². The van der Waals surface area contributed by atoms with Crippen LogP contribution in [0.3, 0.4) is 0 Å². The molecule has 0 saturated carbocycles. The minimum Gasteiger partial charge on any atom is -0.366 e. The molecule has 41 heavy (non-hydrogen) atoms. The first-order valence-corrected chi connectivity index (χ1v) is 12.5. The summed E-state index contributed by atoms with van der Waals surface area (Å²) in [6.45, 7) is -0.493. The van der Waals surface area contributed by atoms with Crippen molar-refractivity contribution in [2.75, 3.05) is 0 Å². The smallest absolute Gasteiger partial charge is 0.295 e. The molecule has 208 valence electrons. The Bertz CT molecular complexity index is 1730. The van der Waals surface area contributed by atoms with Crippen LogP contribution in [0.25, 0.3) is 22.2 Å². The first kappa shape index (κ1) is 27.5. The van der Waals surface area contributed by atoms with Crippen molar-refractivity contribution in [2.45, 2.75) is 25.4 Å². The molecule has 3 aromatic carbocycles. The Morgan fingerprint density at radius 2 is 1.68 bits per heavy atom. The summed E-state index contributed by atoms with van der Waals surface area (Å²) >= 11 is 0. The normalized spacial score (nSPS) is 12.0. The maximum absolute atomic E-state index is 14.1. The van der Waals surface area contributed by atoms with E-state index in [4.69, 9.17) is 5.73 Å². The van der Waals surface area contributed by atoms with Gasteiger partial charge in [-0.25, -0.2) is 22.5 Å². The predicted octanol–water partition coefficient (Wildman–Crippen LogP) is 5.51. The summed E-state index contributed by atoms with van der Waals surface area (Å²) in [6, 6.07) is 18.3. The number of carbonyl (C=O) groups is 2. The number of fused-ring (bicyclic) bond motifs is 1. The minimum atomic E-state index is -2.93. The summed E-state index contributed by atoms with van der Waals surface area (Å²) in [5.74, 6) is -3.45. The van der Waals surface area contributed by atoms with E-state index in [-0.39, 0.29) is 17.5 Å². The largest absolute Gasteiger partial charge is 0.366 e. The number of aromatic nitrogens is 3. The molecule has 0 aliphatic rings. The molecule has 0 fully saturated rings. The van der Waals surface area contributed by atoms with Crippen LogP contribution in [-0.4, -0.2) is 26.3 Å². The molecule has 0 aliphatic heterocycles. The van der Waals surface area contributed by atoms with Crippen LogP contribution < -0.4 is 11.1 Å². The molecule has 0 aliphatic carbocycles. The van der Waals surface area contributed by atoms with E-state index in [0.29, 0.717) is 27.9 Å². The van der Waals surface area contributed by atoms with Gasteiger partial charge < -0.3 is 15.6 Å². The van der Waals surface area contributed by atoms with Gasteiger partial charge in [-0.3, -0.25) is 14.6 Å². The van der Waals surface area contributed by atoms with E-state index in [1.54, 1.807) is 60.7 Å². The first-order chi connectivity index (χ1) is 19.7. The molecule has 3 N–H and O–H groups in total. The van der Waals surface area contributed by atoms with Crippen molar-refractivity contribution in [1.29, 1.82) is 0 Å². The Morgan fingerprint density at radius 3 is 2.41 bits per heavy atom. The fraction of sp³-hybridized carbons (Fsp3) is 0.133. The average Bonchev–Trinajstić information content (AvgIpc) is 3.31. The van der Waals surface area contributed by atoms with Crippen molar-refractivity contribution in [1.82, 2.24) is 19.9 Å². The molecule has 11 heteroatoms. The quantitative estimate of drug-likeness (QED) is 0.232. The third-order valence-electron chi connectivity index (χ3n) is 6.51. The molecule has 0 bridgehead atoms. The lowest BCUT2D eigenvalue weighted by molar-refractivity contribution is -0.122. The number of rotatable bonds is 9. The number of nitrogens with one attached hydrogen (secondary N) is 1. The number of nitrogens with two attached hydrogens (primary N) is 1. The van der Waals surface area contributed by atoms with Crippen LogP contribution in [0.1, 0.15) is 39.9 Å². The van der Waals surface area contributed by atoms with Crippen LogP contribution in [0.4, 0.5) is 17.6 Å². The van der Waals surface area contributed by atoms with Gasteiger partial charge in [-0.1, -0.05) is 30.3 Å². The standard InChI is InChI=1S/C30H23F4N5O2/c31-20-11-17(12-21(32)15-20)13-24(27-22(7-4-10-36-27)18-5-3-6-19(14-18)29(35)41)37-26(40)16-39-25-9-2-1-8-23(25)38-30(39)28(33)34/h1-12,14-15,24,28H,13,16H2,(H2,35,41)(H,37,40). The van der Waals surface area contributed by atoms with Crippen LogP contribution in [0.2, 0.25) is 0 Å². The lowest BCUT2D eigenvalue weighted by Crippen LogP contribution is -2.34. The molecule has 0 spiro atoms. The van der Waals surface area contributed by atoms with Gasteiger partial charge in [0.2, 0.25) is 11.8 Å². The molecule has 5 aromatic rings. The summed E-state index contributed by atoms with van der Waals surface area (Å²) < 4.78 is 56.9. The van der Waals surface area contributed by atoms with E-state index in [1.807, 2.05) is 0 Å². The Kier molecular flexibility index (Phi) is 7.77. The van der Waals surface area contributed by atoms with Gasteiger partial charge in [0.1, 0.15) is 18.2 Å². The summed E-state index contributed by atoms with van der Waals surface area (Å²) in [7, 11) is 0. The number of alkyl halides is 2.